The minimum atomic E-state index is -0.184. The largest absolute Gasteiger partial charge is 0.268 e. The van der Waals surface area contributed by atoms with Gasteiger partial charge in [0.05, 0.1) is 15.3 Å². The van der Waals surface area contributed by atoms with E-state index in [4.69, 9.17) is 0 Å². The minimum Gasteiger partial charge on any atom is -0.268 e. The van der Waals surface area contributed by atoms with Crippen molar-refractivity contribution in [1.29, 1.82) is 0 Å². The molecule has 0 spiro atoms. The van der Waals surface area contributed by atoms with Crippen LogP contribution in [0.2, 0.25) is 0 Å². The van der Waals surface area contributed by atoms with Crippen LogP contribution in [-0.4, -0.2) is 9.78 Å². The smallest absolute Gasteiger partial charge is 0.137 e. The van der Waals surface area contributed by atoms with Gasteiger partial charge in [0, 0.05) is 12.4 Å². The van der Waals surface area contributed by atoms with Gasteiger partial charge in [0.15, 0.2) is 0 Å². The fourth-order valence-corrected chi connectivity index (χ4v) is 1.60. The van der Waals surface area contributed by atoms with Gasteiger partial charge in [-0.1, -0.05) is 0 Å². The van der Waals surface area contributed by atoms with Gasteiger partial charge in [0.1, 0.15) is 5.82 Å². The van der Waals surface area contributed by atoms with Gasteiger partial charge >= 0.3 is 0 Å². The van der Waals surface area contributed by atoms with Crippen LogP contribution in [0.25, 0.3) is 10.9 Å². The number of aryl methyl sites for hydroxylation is 1. The molecule has 0 amide bonds. The van der Waals surface area contributed by atoms with Gasteiger partial charge in [-0.05, 0) is 34.7 Å². The Bertz CT molecular complexity index is 436. The fourth-order valence-electron chi connectivity index (χ4n) is 1.15. The highest BCUT2D eigenvalue weighted by molar-refractivity contribution is 14.1. The Kier molecular flexibility index (Phi) is 1.79. The van der Waals surface area contributed by atoms with Crippen molar-refractivity contribution in [2.75, 3.05) is 0 Å². The average Bonchev–Trinajstić information content (AvgIpc) is 2.35. The first-order valence-corrected chi connectivity index (χ1v) is 4.53. The van der Waals surface area contributed by atoms with Crippen molar-refractivity contribution >= 4 is 33.5 Å². The Morgan fingerprint density at radius 3 is 3.00 bits per heavy atom. The molecule has 0 saturated heterocycles. The highest BCUT2D eigenvalue weighted by Crippen LogP contribution is 2.19. The Balaban J connectivity index is 2.87. The second-order valence-corrected chi connectivity index (χ2v) is 3.76. The normalized spacial score (nSPS) is 10.9. The number of hydrogen-bond donors (Lipinski definition) is 0. The summed E-state index contributed by atoms with van der Waals surface area (Å²) in [7, 11) is 1.84. The molecule has 12 heavy (non-hydrogen) atoms. The van der Waals surface area contributed by atoms with Crippen molar-refractivity contribution in [3.8, 4) is 0 Å². The van der Waals surface area contributed by atoms with Crippen LogP contribution in [0.5, 0.6) is 0 Å². The van der Waals surface area contributed by atoms with E-state index in [-0.39, 0.29) is 5.82 Å². The second-order valence-electron chi connectivity index (χ2n) is 2.59. The number of halogens is 2. The van der Waals surface area contributed by atoms with Crippen molar-refractivity contribution in [2.24, 2.45) is 7.05 Å². The first kappa shape index (κ1) is 7.97. The van der Waals surface area contributed by atoms with Crippen LogP contribution >= 0.6 is 22.6 Å². The zero-order chi connectivity index (χ0) is 8.72. The summed E-state index contributed by atoms with van der Waals surface area (Å²) in [6, 6.07) is 3.29. The number of hydrogen-bond acceptors (Lipinski definition) is 1. The third-order valence-electron chi connectivity index (χ3n) is 1.79. The van der Waals surface area contributed by atoms with Crippen LogP contribution in [0.4, 0.5) is 4.39 Å². The summed E-state index contributed by atoms with van der Waals surface area (Å²) < 4.78 is 15.4. The van der Waals surface area contributed by atoms with Gasteiger partial charge in [-0.25, -0.2) is 4.39 Å². The van der Waals surface area contributed by atoms with E-state index in [2.05, 4.69) is 5.10 Å². The van der Waals surface area contributed by atoms with Crippen LogP contribution in [-0.2, 0) is 7.05 Å². The first-order chi connectivity index (χ1) is 5.68. The molecule has 0 N–H and O–H groups in total. The summed E-state index contributed by atoms with van der Waals surface area (Å²) in [5, 5.41) is 4.87. The van der Waals surface area contributed by atoms with Crippen molar-refractivity contribution in [2.45, 2.75) is 0 Å². The molecule has 0 aliphatic heterocycles. The van der Waals surface area contributed by atoms with E-state index in [9.17, 15) is 4.39 Å². The zero-order valence-corrected chi connectivity index (χ0v) is 8.54. The Labute approximate surface area is 82.5 Å². The second kappa shape index (κ2) is 2.69. The van der Waals surface area contributed by atoms with E-state index >= 15 is 0 Å². The van der Waals surface area contributed by atoms with Crippen LogP contribution < -0.4 is 0 Å². The lowest BCUT2D eigenvalue weighted by atomic mass is 10.2. The van der Waals surface area contributed by atoms with E-state index in [1.165, 1.54) is 6.07 Å². The van der Waals surface area contributed by atoms with Gasteiger partial charge in [0.25, 0.3) is 0 Å². The van der Waals surface area contributed by atoms with Gasteiger partial charge in [-0.15, -0.1) is 0 Å². The van der Waals surface area contributed by atoms with Crippen molar-refractivity contribution < 1.29 is 4.39 Å². The molecule has 0 aliphatic rings. The molecule has 4 heteroatoms. The summed E-state index contributed by atoms with van der Waals surface area (Å²) in [5.41, 5.74) is 0.959. The van der Waals surface area contributed by atoms with Crippen LogP contribution in [0.1, 0.15) is 0 Å². The SMILES string of the molecule is Cn1ncc2cc(F)c(I)cc21. The maximum Gasteiger partial charge on any atom is 0.137 e. The predicted octanol–water partition coefficient (Wildman–Crippen LogP) is 2.32. The lowest BCUT2D eigenvalue weighted by Crippen LogP contribution is -1.89. The number of nitrogens with zero attached hydrogens (tertiary/aromatic N) is 2. The molecule has 2 aromatic rings. The number of benzene rings is 1. The molecule has 0 aliphatic carbocycles. The zero-order valence-electron chi connectivity index (χ0n) is 6.38. The number of rotatable bonds is 0. The van der Waals surface area contributed by atoms with Gasteiger partial charge in [0.2, 0.25) is 0 Å². The van der Waals surface area contributed by atoms with E-state index in [1.807, 2.05) is 29.6 Å². The summed E-state index contributed by atoms with van der Waals surface area (Å²) in [4.78, 5) is 0. The molecule has 0 bridgehead atoms. The highest BCUT2D eigenvalue weighted by Gasteiger charge is 2.04. The standard InChI is InChI=1S/C8H6FIN2/c1-12-8-3-7(10)6(9)2-5(8)4-11-12/h2-4H,1H3. The van der Waals surface area contributed by atoms with Crippen LogP contribution in [0, 0.1) is 9.39 Å². The van der Waals surface area contributed by atoms with Crippen LogP contribution in [0.15, 0.2) is 18.3 Å². The Hall–Kier alpha value is -0.650. The summed E-state index contributed by atoms with van der Waals surface area (Å²) >= 11 is 1.97. The van der Waals surface area contributed by atoms with Crippen molar-refractivity contribution in [3.05, 3.63) is 27.7 Å². The summed E-state index contributed by atoms with van der Waals surface area (Å²) in [6.07, 6.45) is 1.66. The molecule has 62 valence electrons. The summed E-state index contributed by atoms with van der Waals surface area (Å²) in [6.45, 7) is 0. The highest BCUT2D eigenvalue weighted by atomic mass is 127. The minimum absolute atomic E-state index is 0.184. The lowest BCUT2D eigenvalue weighted by molar-refractivity contribution is 0.622. The van der Waals surface area contributed by atoms with Crippen molar-refractivity contribution in [1.82, 2.24) is 9.78 Å². The first-order valence-electron chi connectivity index (χ1n) is 3.45. The molecule has 0 radical (unpaired) electrons. The summed E-state index contributed by atoms with van der Waals surface area (Å²) in [5.74, 6) is -0.184. The molecule has 1 heterocycles. The molecule has 2 rings (SSSR count). The molecule has 0 atom stereocenters. The molecular weight excluding hydrogens is 270 g/mol. The molecule has 0 fully saturated rings. The fraction of sp³-hybridized carbons (Fsp3) is 0.125. The predicted molar refractivity (Wildman–Crippen MR) is 53.4 cm³/mol. The quantitative estimate of drug-likeness (QED) is 0.675. The lowest BCUT2D eigenvalue weighted by Gasteiger charge is -1.96. The van der Waals surface area contributed by atoms with Gasteiger partial charge in [-0.3, -0.25) is 4.68 Å². The molecular formula is C8H6FIN2. The topological polar surface area (TPSA) is 17.8 Å². The van der Waals surface area contributed by atoms with Gasteiger partial charge < -0.3 is 0 Å². The molecule has 1 aromatic heterocycles. The molecule has 1 aromatic carbocycles. The molecule has 0 unspecified atom stereocenters. The van der Waals surface area contributed by atoms with E-state index in [0.29, 0.717) is 3.57 Å². The van der Waals surface area contributed by atoms with E-state index in [1.54, 1.807) is 16.9 Å². The average molecular weight is 276 g/mol. The van der Waals surface area contributed by atoms with E-state index in [0.717, 1.165) is 10.9 Å². The number of fused-ring (bicyclic) bond motifs is 1. The van der Waals surface area contributed by atoms with Crippen LogP contribution in [0.3, 0.4) is 0 Å². The van der Waals surface area contributed by atoms with E-state index < -0.39 is 0 Å². The maximum absolute atomic E-state index is 13.0. The Morgan fingerprint density at radius 2 is 2.25 bits per heavy atom. The Morgan fingerprint density at radius 1 is 1.50 bits per heavy atom. The number of aromatic nitrogens is 2. The maximum atomic E-state index is 13.0. The third-order valence-corrected chi connectivity index (χ3v) is 2.61. The monoisotopic (exact) mass is 276 g/mol. The molecule has 0 saturated carbocycles. The molecule has 2 nitrogen and oxygen atoms in total. The van der Waals surface area contributed by atoms with Gasteiger partial charge in [-0.2, -0.15) is 5.10 Å². The van der Waals surface area contributed by atoms with Crippen molar-refractivity contribution in [3.63, 3.8) is 0 Å². The third kappa shape index (κ3) is 1.10.